The van der Waals surface area contributed by atoms with Gasteiger partial charge in [0.05, 0.1) is 0 Å². The summed E-state index contributed by atoms with van der Waals surface area (Å²) in [6.45, 7) is 2.78. The number of nitrogens with one attached hydrogen (secondary N) is 1. The Morgan fingerprint density at radius 3 is 2.86 bits per heavy atom. The lowest BCUT2D eigenvalue weighted by molar-refractivity contribution is 0.0675. The molecule has 1 fully saturated rings. The standard InChI is InChI=1S/C16H25N3O2/c1-17-9-6-12-7-10-19(11-8-12)16(20)15-13-4-2-3-5-14(13)21-18-15/h12,17H,2-11H2,1H3. The summed E-state index contributed by atoms with van der Waals surface area (Å²) in [5.41, 5.74) is 1.65. The molecule has 0 unspecified atom stereocenters. The van der Waals surface area contributed by atoms with Crippen molar-refractivity contribution >= 4 is 5.91 Å². The zero-order valence-corrected chi connectivity index (χ0v) is 12.9. The lowest BCUT2D eigenvalue weighted by atomic mass is 9.92. The van der Waals surface area contributed by atoms with Crippen molar-refractivity contribution in [1.29, 1.82) is 0 Å². The Balaban J connectivity index is 1.60. The average Bonchev–Trinajstić information content (AvgIpc) is 2.97. The minimum atomic E-state index is 0.0777. The third-order valence-corrected chi connectivity index (χ3v) is 4.86. The van der Waals surface area contributed by atoms with Crippen LogP contribution in [0.15, 0.2) is 4.52 Å². The van der Waals surface area contributed by atoms with E-state index in [1.54, 1.807) is 0 Å². The Kier molecular flexibility index (Phi) is 4.58. The first-order valence-corrected chi connectivity index (χ1v) is 8.21. The molecule has 1 saturated heterocycles. The molecule has 3 rings (SSSR count). The molecule has 2 heterocycles. The molecule has 1 amide bonds. The minimum absolute atomic E-state index is 0.0777. The van der Waals surface area contributed by atoms with Crippen molar-refractivity contribution in [2.24, 2.45) is 5.92 Å². The second-order valence-corrected chi connectivity index (χ2v) is 6.27. The summed E-state index contributed by atoms with van der Waals surface area (Å²) in [6, 6.07) is 0. The van der Waals surface area contributed by atoms with Crippen LogP contribution in [0, 0.1) is 5.92 Å². The highest BCUT2D eigenvalue weighted by atomic mass is 16.5. The number of piperidine rings is 1. The van der Waals surface area contributed by atoms with Gasteiger partial charge in [0.15, 0.2) is 5.69 Å². The van der Waals surface area contributed by atoms with Crippen LogP contribution in [0.5, 0.6) is 0 Å². The maximum absolute atomic E-state index is 12.6. The number of hydrogen-bond donors (Lipinski definition) is 1. The summed E-state index contributed by atoms with van der Waals surface area (Å²) in [6.07, 6.45) is 7.58. The van der Waals surface area contributed by atoms with Gasteiger partial charge in [-0.05, 0) is 58.0 Å². The largest absolute Gasteiger partial charge is 0.360 e. The van der Waals surface area contributed by atoms with Crippen LogP contribution in [-0.2, 0) is 12.8 Å². The Bertz CT molecular complexity index is 490. The third kappa shape index (κ3) is 3.12. The number of carbonyl (C=O) groups is 1. The fourth-order valence-electron chi connectivity index (χ4n) is 3.48. The van der Waals surface area contributed by atoms with Crippen molar-refractivity contribution in [2.75, 3.05) is 26.7 Å². The van der Waals surface area contributed by atoms with Crippen molar-refractivity contribution in [2.45, 2.75) is 44.9 Å². The zero-order chi connectivity index (χ0) is 14.7. The molecular formula is C16H25N3O2. The van der Waals surface area contributed by atoms with Gasteiger partial charge >= 0.3 is 0 Å². The molecule has 5 heteroatoms. The summed E-state index contributed by atoms with van der Waals surface area (Å²) in [7, 11) is 1.99. The highest BCUT2D eigenvalue weighted by Gasteiger charge is 2.29. The lowest BCUT2D eigenvalue weighted by Gasteiger charge is -2.31. The van der Waals surface area contributed by atoms with Gasteiger partial charge < -0.3 is 14.7 Å². The first kappa shape index (κ1) is 14.6. The molecule has 0 saturated carbocycles. The Hall–Kier alpha value is -1.36. The maximum Gasteiger partial charge on any atom is 0.276 e. The first-order chi connectivity index (χ1) is 10.3. The van der Waals surface area contributed by atoms with E-state index >= 15 is 0 Å². The minimum Gasteiger partial charge on any atom is -0.360 e. The molecule has 2 aliphatic rings. The average molecular weight is 291 g/mol. The van der Waals surface area contributed by atoms with Gasteiger partial charge in [0.2, 0.25) is 0 Å². The van der Waals surface area contributed by atoms with E-state index in [1.165, 1.54) is 6.42 Å². The van der Waals surface area contributed by atoms with Crippen molar-refractivity contribution in [3.8, 4) is 0 Å². The number of aryl methyl sites for hydroxylation is 1. The summed E-state index contributed by atoms with van der Waals surface area (Å²) >= 11 is 0. The van der Waals surface area contributed by atoms with Gasteiger partial charge in [0.1, 0.15) is 5.76 Å². The maximum atomic E-state index is 12.6. The molecule has 5 nitrogen and oxygen atoms in total. The Labute approximate surface area is 126 Å². The lowest BCUT2D eigenvalue weighted by Crippen LogP contribution is -2.39. The van der Waals surface area contributed by atoms with Crippen LogP contribution < -0.4 is 5.32 Å². The van der Waals surface area contributed by atoms with E-state index < -0.39 is 0 Å². The van der Waals surface area contributed by atoms with Gasteiger partial charge in [-0.3, -0.25) is 4.79 Å². The van der Waals surface area contributed by atoms with Crippen LogP contribution in [0.1, 0.15) is 53.9 Å². The molecular weight excluding hydrogens is 266 g/mol. The number of carbonyl (C=O) groups excluding carboxylic acids is 1. The summed E-state index contributed by atoms with van der Waals surface area (Å²) < 4.78 is 5.37. The molecule has 116 valence electrons. The fraction of sp³-hybridized carbons (Fsp3) is 0.750. The normalized spacial score (nSPS) is 19.6. The Morgan fingerprint density at radius 2 is 2.10 bits per heavy atom. The number of fused-ring (bicyclic) bond motifs is 1. The molecule has 21 heavy (non-hydrogen) atoms. The quantitative estimate of drug-likeness (QED) is 0.922. The van der Waals surface area contributed by atoms with Gasteiger partial charge in [-0.1, -0.05) is 5.16 Å². The van der Waals surface area contributed by atoms with Gasteiger partial charge in [-0.15, -0.1) is 0 Å². The summed E-state index contributed by atoms with van der Waals surface area (Å²) in [5.74, 6) is 1.76. The number of rotatable bonds is 4. The van der Waals surface area contributed by atoms with Crippen molar-refractivity contribution < 1.29 is 9.32 Å². The number of likely N-dealkylation sites (tertiary alicyclic amines) is 1. The number of aromatic nitrogens is 1. The zero-order valence-electron chi connectivity index (χ0n) is 12.9. The third-order valence-electron chi connectivity index (χ3n) is 4.86. The van der Waals surface area contributed by atoms with E-state index in [9.17, 15) is 4.79 Å². The molecule has 1 aromatic rings. The number of nitrogens with zero attached hydrogens (tertiary/aromatic N) is 2. The van der Waals surface area contributed by atoms with E-state index in [4.69, 9.17) is 4.52 Å². The molecule has 0 bridgehead atoms. The predicted molar refractivity (Wildman–Crippen MR) is 80.3 cm³/mol. The first-order valence-electron chi connectivity index (χ1n) is 8.21. The van der Waals surface area contributed by atoms with Crippen molar-refractivity contribution in [3.05, 3.63) is 17.0 Å². The van der Waals surface area contributed by atoms with E-state index in [1.807, 2.05) is 11.9 Å². The van der Waals surface area contributed by atoms with Crippen molar-refractivity contribution in [3.63, 3.8) is 0 Å². The summed E-state index contributed by atoms with van der Waals surface area (Å²) in [4.78, 5) is 14.6. The van der Waals surface area contributed by atoms with E-state index in [0.29, 0.717) is 5.69 Å². The SMILES string of the molecule is CNCCC1CCN(C(=O)c2noc3c2CCCC3)CC1. The van der Waals surface area contributed by atoms with Crippen molar-refractivity contribution in [1.82, 2.24) is 15.4 Å². The van der Waals surface area contributed by atoms with Crippen LogP contribution in [0.2, 0.25) is 0 Å². The van der Waals surface area contributed by atoms with Crippen LogP contribution in [0.25, 0.3) is 0 Å². The second-order valence-electron chi connectivity index (χ2n) is 6.27. The number of amides is 1. The molecule has 0 aromatic carbocycles. The second kappa shape index (κ2) is 6.60. The van der Waals surface area contributed by atoms with E-state index in [2.05, 4.69) is 10.5 Å². The molecule has 0 radical (unpaired) electrons. The molecule has 0 atom stereocenters. The summed E-state index contributed by atoms with van der Waals surface area (Å²) in [5, 5.41) is 7.27. The predicted octanol–water partition coefficient (Wildman–Crippen LogP) is 2.02. The number of hydrogen-bond acceptors (Lipinski definition) is 4. The Morgan fingerprint density at radius 1 is 1.33 bits per heavy atom. The highest BCUT2D eigenvalue weighted by Crippen LogP contribution is 2.27. The van der Waals surface area contributed by atoms with Gasteiger partial charge in [-0.2, -0.15) is 0 Å². The van der Waals surface area contributed by atoms with Crippen LogP contribution >= 0.6 is 0 Å². The monoisotopic (exact) mass is 291 g/mol. The van der Waals surface area contributed by atoms with Crippen LogP contribution in [-0.4, -0.2) is 42.6 Å². The molecule has 1 aliphatic carbocycles. The van der Waals surface area contributed by atoms with Crippen LogP contribution in [0.4, 0.5) is 0 Å². The van der Waals surface area contributed by atoms with E-state index in [-0.39, 0.29) is 5.91 Å². The topological polar surface area (TPSA) is 58.4 Å². The smallest absolute Gasteiger partial charge is 0.276 e. The van der Waals surface area contributed by atoms with E-state index in [0.717, 1.165) is 75.4 Å². The molecule has 1 aliphatic heterocycles. The van der Waals surface area contributed by atoms with Gasteiger partial charge in [0, 0.05) is 25.1 Å². The highest BCUT2D eigenvalue weighted by molar-refractivity contribution is 5.94. The van der Waals surface area contributed by atoms with Gasteiger partial charge in [-0.25, -0.2) is 0 Å². The van der Waals surface area contributed by atoms with Crippen LogP contribution in [0.3, 0.4) is 0 Å². The fourth-order valence-corrected chi connectivity index (χ4v) is 3.48. The molecule has 0 spiro atoms. The molecule has 1 N–H and O–H groups in total. The molecule has 1 aromatic heterocycles. The van der Waals surface area contributed by atoms with Gasteiger partial charge in [0.25, 0.3) is 5.91 Å².